The summed E-state index contributed by atoms with van der Waals surface area (Å²) in [5, 5.41) is 8.75. The van der Waals surface area contributed by atoms with Gasteiger partial charge in [0, 0.05) is 20.1 Å². The van der Waals surface area contributed by atoms with Crippen LogP contribution in [0, 0.1) is 13.8 Å². The third-order valence-electron chi connectivity index (χ3n) is 3.08. The van der Waals surface area contributed by atoms with Crippen molar-refractivity contribution >= 4 is 11.6 Å². The molecule has 0 radical (unpaired) electrons. The maximum Gasteiger partial charge on any atom is 0.226 e. The Bertz CT molecular complexity index is 429. The van der Waals surface area contributed by atoms with E-state index in [9.17, 15) is 4.79 Å². The van der Waals surface area contributed by atoms with Gasteiger partial charge in [-0.2, -0.15) is 0 Å². The number of benzene rings is 1. The minimum absolute atomic E-state index is 0.0226. The molecule has 4 heteroatoms. The zero-order valence-corrected chi connectivity index (χ0v) is 11.5. The number of rotatable bonds is 5. The lowest BCUT2D eigenvalue weighted by Crippen LogP contribution is -2.26. The van der Waals surface area contributed by atoms with Gasteiger partial charge in [-0.05, 0) is 43.5 Å². The van der Waals surface area contributed by atoms with Gasteiger partial charge in [0.15, 0.2) is 0 Å². The number of methoxy groups -OCH3 is 1. The molecule has 1 rings (SSSR count). The van der Waals surface area contributed by atoms with Crippen molar-refractivity contribution in [1.82, 2.24) is 0 Å². The Labute approximate surface area is 108 Å². The first-order valence-electron chi connectivity index (χ1n) is 6.04. The number of anilines is 1. The lowest BCUT2D eigenvalue weighted by Gasteiger charge is -2.21. The lowest BCUT2D eigenvalue weighted by molar-refractivity contribution is -0.118. The van der Waals surface area contributed by atoms with Gasteiger partial charge in [0.2, 0.25) is 5.91 Å². The molecule has 0 saturated carbocycles. The summed E-state index contributed by atoms with van der Waals surface area (Å²) < 4.78 is 5.31. The quantitative estimate of drug-likeness (QED) is 0.871. The zero-order valence-electron chi connectivity index (χ0n) is 11.5. The Morgan fingerprint density at radius 3 is 2.50 bits per heavy atom. The number of carbonyl (C=O) groups excluding carboxylic acids is 1. The predicted molar refractivity (Wildman–Crippen MR) is 72.2 cm³/mol. The summed E-state index contributed by atoms with van der Waals surface area (Å²) in [5.41, 5.74) is 3.02. The van der Waals surface area contributed by atoms with E-state index in [1.807, 2.05) is 26.0 Å². The number of hydrogen-bond donors (Lipinski definition) is 1. The van der Waals surface area contributed by atoms with Crippen LogP contribution in [0.15, 0.2) is 12.1 Å². The number of aryl methyl sites for hydroxylation is 2. The van der Waals surface area contributed by atoms with Crippen molar-refractivity contribution in [3.63, 3.8) is 0 Å². The van der Waals surface area contributed by atoms with Crippen LogP contribution in [0.5, 0.6) is 5.75 Å². The van der Waals surface area contributed by atoms with E-state index in [4.69, 9.17) is 9.84 Å². The fourth-order valence-corrected chi connectivity index (χ4v) is 1.73. The third-order valence-corrected chi connectivity index (χ3v) is 3.08. The predicted octanol–water partition coefficient (Wildman–Crippen LogP) is 2.05. The molecule has 0 aliphatic carbocycles. The van der Waals surface area contributed by atoms with E-state index in [0.29, 0.717) is 18.6 Å². The Morgan fingerprint density at radius 2 is 1.94 bits per heavy atom. The lowest BCUT2D eigenvalue weighted by atomic mass is 10.1. The highest BCUT2D eigenvalue weighted by molar-refractivity contribution is 5.94. The van der Waals surface area contributed by atoms with Gasteiger partial charge in [0.05, 0.1) is 12.8 Å². The molecule has 100 valence electrons. The molecule has 0 aromatic heterocycles. The van der Waals surface area contributed by atoms with Crippen molar-refractivity contribution < 1.29 is 14.6 Å². The molecule has 0 spiro atoms. The number of nitrogens with zero attached hydrogens (tertiary/aromatic N) is 1. The van der Waals surface area contributed by atoms with Crippen LogP contribution in [0.25, 0.3) is 0 Å². The largest absolute Gasteiger partial charge is 0.495 e. The minimum atomic E-state index is -0.0226. The molecule has 1 amide bonds. The molecule has 0 aliphatic heterocycles. The molecule has 1 aromatic rings. The normalized spacial score (nSPS) is 10.3. The van der Waals surface area contributed by atoms with E-state index in [1.54, 1.807) is 19.1 Å². The van der Waals surface area contributed by atoms with Gasteiger partial charge in [-0.15, -0.1) is 0 Å². The average Bonchev–Trinajstić information content (AvgIpc) is 2.37. The van der Waals surface area contributed by atoms with Gasteiger partial charge in [0.1, 0.15) is 5.75 Å². The van der Waals surface area contributed by atoms with Gasteiger partial charge in [-0.1, -0.05) is 0 Å². The monoisotopic (exact) mass is 251 g/mol. The van der Waals surface area contributed by atoms with Crippen molar-refractivity contribution in [2.75, 3.05) is 25.7 Å². The van der Waals surface area contributed by atoms with Crippen molar-refractivity contribution in [3.8, 4) is 5.75 Å². The standard InChI is InChI=1S/C14H21NO3/c1-10-8-12(13(18-4)9-11(10)2)15(3)14(17)6-5-7-16/h8-9,16H,5-7H2,1-4H3. The van der Waals surface area contributed by atoms with Gasteiger partial charge in [-0.3, -0.25) is 4.79 Å². The average molecular weight is 251 g/mol. The number of aliphatic hydroxyl groups is 1. The van der Waals surface area contributed by atoms with Gasteiger partial charge >= 0.3 is 0 Å². The van der Waals surface area contributed by atoms with Crippen LogP contribution < -0.4 is 9.64 Å². The van der Waals surface area contributed by atoms with Gasteiger partial charge in [-0.25, -0.2) is 0 Å². The first kappa shape index (κ1) is 14.5. The molecule has 0 fully saturated rings. The first-order valence-corrected chi connectivity index (χ1v) is 6.04. The van der Waals surface area contributed by atoms with Crippen LogP contribution in [-0.2, 0) is 4.79 Å². The molecule has 0 saturated heterocycles. The van der Waals surface area contributed by atoms with E-state index in [1.165, 1.54) is 0 Å². The number of ether oxygens (including phenoxy) is 1. The Morgan fingerprint density at radius 1 is 1.33 bits per heavy atom. The van der Waals surface area contributed by atoms with Crippen LogP contribution in [-0.4, -0.2) is 31.8 Å². The molecular formula is C14H21NO3. The first-order chi connectivity index (χ1) is 8.51. The highest BCUT2D eigenvalue weighted by Crippen LogP contribution is 2.31. The maximum atomic E-state index is 11.9. The molecule has 0 bridgehead atoms. The second kappa shape index (κ2) is 6.40. The smallest absolute Gasteiger partial charge is 0.226 e. The summed E-state index contributed by atoms with van der Waals surface area (Å²) in [6.07, 6.45) is 0.819. The molecule has 4 nitrogen and oxygen atoms in total. The molecule has 18 heavy (non-hydrogen) atoms. The van der Waals surface area contributed by atoms with E-state index in [0.717, 1.165) is 16.8 Å². The summed E-state index contributed by atoms with van der Waals surface area (Å²) in [6.45, 7) is 4.04. The second-order valence-electron chi connectivity index (χ2n) is 4.39. The van der Waals surface area contributed by atoms with Gasteiger partial charge < -0.3 is 14.7 Å². The van der Waals surface area contributed by atoms with Crippen molar-refractivity contribution in [1.29, 1.82) is 0 Å². The van der Waals surface area contributed by atoms with Crippen molar-refractivity contribution in [3.05, 3.63) is 23.3 Å². The molecule has 0 heterocycles. The Balaban J connectivity index is 3.00. The molecular weight excluding hydrogens is 230 g/mol. The van der Waals surface area contributed by atoms with E-state index >= 15 is 0 Å². The van der Waals surface area contributed by atoms with Crippen molar-refractivity contribution in [2.24, 2.45) is 0 Å². The van der Waals surface area contributed by atoms with E-state index in [-0.39, 0.29) is 12.5 Å². The molecule has 1 aromatic carbocycles. The number of hydrogen-bond acceptors (Lipinski definition) is 3. The summed E-state index contributed by atoms with van der Waals surface area (Å²) in [7, 11) is 3.33. The fraction of sp³-hybridized carbons (Fsp3) is 0.500. The van der Waals surface area contributed by atoms with E-state index < -0.39 is 0 Å². The molecule has 0 atom stereocenters. The fourth-order valence-electron chi connectivity index (χ4n) is 1.73. The highest BCUT2D eigenvalue weighted by atomic mass is 16.5. The van der Waals surface area contributed by atoms with Gasteiger partial charge in [0.25, 0.3) is 0 Å². The van der Waals surface area contributed by atoms with Crippen LogP contribution in [0.1, 0.15) is 24.0 Å². The van der Waals surface area contributed by atoms with E-state index in [2.05, 4.69) is 0 Å². The third kappa shape index (κ3) is 3.23. The molecule has 1 N–H and O–H groups in total. The Hall–Kier alpha value is -1.55. The molecule has 0 aliphatic rings. The Kier molecular flexibility index (Phi) is 5.16. The van der Waals surface area contributed by atoms with Crippen LogP contribution in [0.2, 0.25) is 0 Å². The highest BCUT2D eigenvalue weighted by Gasteiger charge is 2.15. The zero-order chi connectivity index (χ0) is 13.7. The summed E-state index contributed by atoms with van der Waals surface area (Å²) in [6, 6.07) is 3.88. The maximum absolute atomic E-state index is 11.9. The topological polar surface area (TPSA) is 49.8 Å². The number of amides is 1. The summed E-state index contributed by atoms with van der Waals surface area (Å²) in [4.78, 5) is 13.5. The minimum Gasteiger partial charge on any atom is -0.495 e. The van der Waals surface area contributed by atoms with Crippen molar-refractivity contribution in [2.45, 2.75) is 26.7 Å². The van der Waals surface area contributed by atoms with Crippen LogP contribution in [0.4, 0.5) is 5.69 Å². The number of aliphatic hydroxyl groups excluding tert-OH is 1. The van der Waals surface area contributed by atoms with Crippen LogP contribution >= 0.6 is 0 Å². The molecule has 0 unspecified atom stereocenters. The number of carbonyl (C=O) groups is 1. The second-order valence-corrected chi connectivity index (χ2v) is 4.39. The SMILES string of the molecule is COc1cc(C)c(C)cc1N(C)C(=O)CCCO. The summed E-state index contributed by atoms with van der Waals surface area (Å²) in [5.74, 6) is 0.670. The summed E-state index contributed by atoms with van der Waals surface area (Å²) >= 11 is 0. The van der Waals surface area contributed by atoms with Crippen LogP contribution in [0.3, 0.4) is 0 Å².